The van der Waals surface area contributed by atoms with E-state index in [0.29, 0.717) is 90.3 Å². The van der Waals surface area contributed by atoms with E-state index in [-0.39, 0.29) is 101 Å². The van der Waals surface area contributed by atoms with Crippen LogP contribution in [-0.4, -0.2) is 131 Å². The van der Waals surface area contributed by atoms with Gasteiger partial charge >= 0.3 is 37.5 Å². The first-order valence-corrected chi connectivity index (χ1v) is 34.5. The van der Waals surface area contributed by atoms with Crippen LogP contribution in [0.1, 0.15) is 140 Å². The van der Waals surface area contributed by atoms with E-state index in [0.717, 1.165) is 11.3 Å². The highest BCUT2D eigenvalue weighted by Crippen LogP contribution is 2.30. The maximum atomic E-state index is 13.2. The quantitative estimate of drug-likeness (QED) is 0.0260. The summed E-state index contributed by atoms with van der Waals surface area (Å²) < 4.78 is 96.3. The second-order valence-electron chi connectivity index (χ2n) is 22.3. The standard InChI is InChI=1S/C18H20FNO4.C16H16FNO4.C12H16BrNO4.C12H17NO4.C12H16O4.C6H5BFO2/c1-5-23-17-15(18(22)24-6-2)16(21)14(11(3)20(17)4)12-7-9-13(19)10-8-12;1-4-22-15-13(16(20)21)14(19)12(9(2)18(15)3)10-5-7-11(17)8-6-10;1-5-17-11-8(12(16)18-6-2)10(15)9(13)7(3)14(11)4;1-5-16-11-10(12(15)17-6-2)9(14)7-8(3)13(11)4;1-4-15-10-7-8(3)6-9(13)11(10)12(14)16-5-2;8-5-1-3-6(4-2-5)10-7-9/h7-10H,5-6H2,1-4H3;5-8H,4H2,1-3H3,(H,20,21);5-6H2,1-4H3;7H,5-6H2,1-4H3;6H,4-5,7H2,1-3H3;1-4,9H. The van der Waals surface area contributed by atoms with Crippen molar-refractivity contribution < 1.29 is 99.4 Å². The highest BCUT2D eigenvalue weighted by Gasteiger charge is 2.31. The van der Waals surface area contributed by atoms with E-state index in [1.54, 1.807) is 125 Å². The van der Waals surface area contributed by atoms with Crippen molar-refractivity contribution in [2.75, 3.05) is 59.5 Å². The average molecular weight is 1560 g/mol. The van der Waals surface area contributed by atoms with E-state index in [1.807, 2.05) is 13.8 Å². The van der Waals surface area contributed by atoms with E-state index < -0.39 is 63.3 Å². The number of aromatic carboxylic acids is 1. The summed E-state index contributed by atoms with van der Waals surface area (Å²) in [5.41, 5.74) is 2.46. The Bertz CT molecular complexity index is 4610. The lowest BCUT2D eigenvalue weighted by molar-refractivity contribution is -0.140. The lowest BCUT2D eigenvalue weighted by atomic mass is 9.97. The highest BCUT2D eigenvalue weighted by atomic mass is 79.9. The van der Waals surface area contributed by atoms with Gasteiger partial charge in [0.1, 0.15) is 34.5 Å². The number of aryl methyl sites for hydroxylation is 1. The van der Waals surface area contributed by atoms with E-state index in [1.165, 1.54) is 89.5 Å². The van der Waals surface area contributed by atoms with Crippen molar-refractivity contribution in [2.45, 2.75) is 103 Å². The number of esters is 4. The number of hydrogen-bond donors (Lipinski definition) is 2. The van der Waals surface area contributed by atoms with Gasteiger partial charge in [-0.25, -0.2) is 37.1 Å². The maximum absolute atomic E-state index is 13.2. The van der Waals surface area contributed by atoms with Crippen molar-refractivity contribution >= 4 is 59.2 Å². The Balaban J connectivity index is 0.000000338. The first kappa shape index (κ1) is 90.3. The molecule has 577 valence electrons. The van der Waals surface area contributed by atoms with Gasteiger partial charge < -0.3 is 75.7 Å². The molecule has 1 aliphatic rings. The molecule has 0 aliphatic heterocycles. The number of pyridine rings is 4. The molecule has 107 heavy (non-hydrogen) atoms. The summed E-state index contributed by atoms with van der Waals surface area (Å²) in [5.74, 6) is -3.96. The van der Waals surface area contributed by atoms with Gasteiger partial charge in [-0.2, -0.15) is 0 Å². The van der Waals surface area contributed by atoms with Gasteiger partial charge in [0.05, 0.1) is 63.9 Å². The molecule has 0 saturated heterocycles. The Hall–Kier alpha value is -10.9. The molecule has 2 N–H and O–H groups in total. The third kappa shape index (κ3) is 24.0. The number of carbonyl (C=O) groups excluding carboxylic acids is 5. The Morgan fingerprint density at radius 3 is 1.19 bits per heavy atom. The van der Waals surface area contributed by atoms with Crippen LogP contribution in [0.25, 0.3) is 22.3 Å². The van der Waals surface area contributed by atoms with Gasteiger partial charge in [0.15, 0.2) is 33.5 Å². The van der Waals surface area contributed by atoms with Crippen molar-refractivity contribution in [2.24, 2.45) is 28.2 Å². The van der Waals surface area contributed by atoms with Crippen molar-refractivity contribution in [3.8, 4) is 51.5 Å². The molecule has 4 heterocycles. The summed E-state index contributed by atoms with van der Waals surface area (Å²) in [4.78, 5) is 120. The minimum atomic E-state index is -1.35. The van der Waals surface area contributed by atoms with Gasteiger partial charge in [-0.05, 0) is 179 Å². The van der Waals surface area contributed by atoms with Crippen molar-refractivity contribution in [3.63, 3.8) is 0 Å². The minimum Gasteiger partial charge on any atom is -0.537 e. The fourth-order valence-corrected chi connectivity index (χ4v) is 10.4. The van der Waals surface area contributed by atoms with Crippen LogP contribution in [0.4, 0.5) is 13.2 Å². The van der Waals surface area contributed by atoms with E-state index in [9.17, 15) is 66.2 Å². The molecule has 7 aromatic rings. The lowest BCUT2D eigenvalue weighted by Crippen LogP contribution is -2.25. The number of rotatable bonds is 23. The number of carboxylic acid groups (broad SMARTS) is 1. The largest absolute Gasteiger partial charge is 0.569 e. The number of carbonyl (C=O) groups is 6. The van der Waals surface area contributed by atoms with Crippen LogP contribution in [0.15, 0.2) is 125 Å². The number of ether oxygens (including phenoxy) is 9. The topological polar surface area (TPSA) is 323 Å². The summed E-state index contributed by atoms with van der Waals surface area (Å²) in [6.45, 7) is 27.0. The number of halogens is 4. The zero-order chi connectivity index (χ0) is 80.7. The number of aromatic nitrogens is 4. The summed E-state index contributed by atoms with van der Waals surface area (Å²) in [5, 5.41) is 17.5. The monoisotopic (exact) mass is 1560 g/mol. The molecule has 0 atom stereocenters. The highest BCUT2D eigenvalue weighted by molar-refractivity contribution is 9.10. The zero-order valence-electron chi connectivity index (χ0n) is 63.1. The first-order chi connectivity index (χ1) is 50.7. The van der Waals surface area contributed by atoms with Gasteiger partial charge in [-0.15, -0.1) is 0 Å². The fraction of sp³-hybridized carbons (Fsp3) is 0.368. The fourth-order valence-electron chi connectivity index (χ4n) is 9.98. The van der Waals surface area contributed by atoms with Crippen LogP contribution in [0.5, 0.6) is 29.3 Å². The number of allylic oxidation sites excluding steroid dienone is 2. The number of benzene rings is 3. The normalized spacial score (nSPS) is 11.1. The summed E-state index contributed by atoms with van der Waals surface area (Å²) >= 11 is 3.19. The molecule has 0 fully saturated rings. The van der Waals surface area contributed by atoms with E-state index in [4.69, 9.17) is 47.7 Å². The smallest absolute Gasteiger partial charge is 0.537 e. The molecule has 8 rings (SSSR count). The lowest BCUT2D eigenvalue weighted by Gasteiger charge is -2.19. The SMILES string of the molecule is CCOC(=O)C1=C(OCC)CC(C)=CC1=O.CCOC(=O)c1c(OCC)n(C)c(C)c(-c2ccc(F)cc2)c1=O.CCOC(=O)c1c(OCC)n(C)c(C)c(Br)c1=O.CCOC(=O)c1c(OCC)n(C)c(C)cc1=O.CCOc1c(C(=O)O)c(=O)c(-c2ccc(F)cc2)c(C)n1C.O[B]Oc1ccc(F)cc1. The molecule has 4 aromatic heterocycles. The molecule has 0 bridgehead atoms. The van der Waals surface area contributed by atoms with Gasteiger partial charge in [0.2, 0.25) is 39.8 Å². The molecule has 3 aromatic carbocycles. The van der Waals surface area contributed by atoms with Crippen molar-refractivity contribution in [1.82, 2.24) is 18.3 Å². The van der Waals surface area contributed by atoms with E-state index in [2.05, 4.69) is 20.6 Å². The summed E-state index contributed by atoms with van der Waals surface area (Å²) in [6.07, 6.45) is 1.95. The Kier molecular flexibility index (Phi) is 37.2. The van der Waals surface area contributed by atoms with Crippen molar-refractivity contribution in [1.29, 1.82) is 0 Å². The van der Waals surface area contributed by atoms with Crippen LogP contribution in [0.2, 0.25) is 0 Å². The molecule has 1 radical (unpaired) electrons. The van der Waals surface area contributed by atoms with Gasteiger partial charge in [0.25, 0.3) is 0 Å². The third-order valence-corrected chi connectivity index (χ3v) is 16.2. The van der Waals surface area contributed by atoms with Crippen molar-refractivity contribution in [3.05, 3.63) is 210 Å². The van der Waals surface area contributed by atoms with Crippen LogP contribution in [-0.2, 0) is 61.5 Å². The number of ketones is 1. The van der Waals surface area contributed by atoms with Gasteiger partial charge in [0, 0.05) is 74.6 Å². The van der Waals surface area contributed by atoms with Crippen LogP contribution >= 0.6 is 15.9 Å². The minimum absolute atomic E-state index is 0.0170. The Morgan fingerprint density at radius 1 is 0.458 bits per heavy atom. The Labute approximate surface area is 626 Å². The predicted molar refractivity (Wildman–Crippen MR) is 397 cm³/mol. The molecule has 0 unspecified atom stereocenters. The van der Waals surface area contributed by atoms with Gasteiger partial charge in [-0.1, -0.05) is 29.8 Å². The molecular formula is C76H90BBrF3N4O22. The molecule has 0 amide bonds. The van der Waals surface area contributed by atoms with E-state index >= 15 is 0 Å². The molecular weight excluding hydrogens is 1470 g/mol. The third-order valence-electron chi connectivity index (χ3n) is 15.3. The summed E-state index contributed by atoms with van der Waals surface area (Å²) in [6, 6.07) is 17.6. The average Bonchev–Trinajstić information content (AvgIpc) is 0.772. The van der Waals surface area contributed by atoms with Crippen LogP contribution < -0.4 is 45.3 Å². The second kappa shape index (κ2) is 44.1. The number of nitrogens with zero attached hydrogens (tertiary/aromatic N) is 4. The number of carboxylic acids is 1. The Morgan fingerprint density at radius 2 is 0.804 bits per heavy atom. The summed E-state index contributed by atoms with van der Waals surface area (Å²) in [7, 11) is 7.34. The first-order valence-electron chi connectivity index (χ1n) is 33.7. The zero-order valence-corrected chi connectivity index (χ0v) is 64.7. The molecule has 0 saturated carbocycles. The molecule has 26 nitrogen and oxygen atoms in total. The molecule has 1 aliphatic carbocycles. The van der Waals surface area contributed by atoms with Crippen LogP contribution in [0, 0.1) is 45.1 Å². The number of hydrogen-bond acceptors (Lipinski definition) is 21. The predicted octanol–water partition coefficient (Wildman–Crippen LogP) is 11.5. The van der Waals surface area contributed by atoms with Gasteiger partial charge in [-0.3, -0.25) is 24.0 Å². The molecule has 0 spiro atoms. The molecule has 31 heteroatoms. The van der Waals surface area contributed by atoms with Crippen LogP contribution in [0.3, 0.4) is 0 Å². The maximum Gasteiger partial charge on any atom is 0.569 e. The second-order valence-corrected chi connectivity index (χ2v) is 23.1.